The molecule has 1 aromatic heterocycles. The largest absolute Gasteiger partial charge is 0.350 e. The molecular formula is C23H31N3O2S. The number of carbonyl (C=O) groups excluding carboxylic acids is 2. The lowest BCUT2D eigenvalue weighted by Crippen LogP contribution is -2.47. The molecule has 6 heteroatoms. The second kappa shape index (κ2) is 9.55. The third-order valence-electron chi connectivity index (χ3n) is 5.34. The Morgan fingerprint density at radius 1 is 1.10 bits per heavy atom. The quantitative estimate of drug-likeness (QED) is 0.761. The van der Waals surface area contributed by atoms with Gasteiger partial charge in [-0.3, -0.25) is 14.5 Å². The monoisotopic (exact) mass is 413 g/mol. The second-order valence-electron chi connectivity index (χ2n) is 8.71. The van der Waals surface area contributed by atoms with Crippen molar-refractivity contribution < 1.29 is 9.59 Å². The molecule has 1 aromatic carbocycles. The molecule has 2 heterocycles. The lowest BCUT2D eigenvalue weighted by atomic mass is 9.86. The summed E-state index contributed by atoms with van der Waals surface area (Å²) in [6.45, 7) is 9.15. The van der Waals surface area contributed by atoms with E-state index >= 15 is 0 Å². The van der Waals surface area contributed by atoms with Gasteiger partial charge >= 0.3 is 0 Å². The molecule has 5 nitrogen and oxygen atoms in total. The van der Waals surface area contributed by atoms with Crippen molar-refractivity contribution in [2.24, 2.45) is 0 Å². The highest BCUT2D eigenvalue weighted by Crippen LogP contribution is 2.22. The summed E-state index contributed by atoms with van der Waals surface area (Å²) < 4.78 is 0. The van der Waals surface area contributed by atoms with E-state index < -0.39 is 0 Å². The van der Waals surface area contributed by atoms with Gasteiger partial charge in [0, 0.05) is 29.6 Å². The highest BCUT2D eigenvalue weighted by molar-refractivity contribution is 7.09. The predicted molar refractivity (Wildman–Crippen MR) is 118 cm³/mol. The number of nitrogens with one attached hydrogen (secondary N) is 2. The smallest absolute Gasteiger partial charge is 0.251 e. The number of hydrogen-bond donors (Lipinski definition) is 2. The average Bonchev–Trinajstić information content (AvgIpc) is 3.21. The average molecular weight is 414 g/mol. The minimum Gasteiger partial charge on any atom is -0.350 e. The minimum atomic E-state index is -0.0161. The highest BCUT2D eigenvalue weighted by Gasteiger charge is 2.23. The molecule has 0 spiro atoms. The van der Waals surface area contributed by atoms with Gasteiger partial charge in [0.05, 0.1) is 13.1 Å². The molecule has 1 aliphatic rings. The molecule has 3 rings (SSSR count). The molecule has 2 amide bonds. The third kappa shape index (κ3) is 6.41. The van der Waals surface area contributed by atoms with Gasteiger partial charge in [0.1, 0.15) is 0 Å². The number of likely N-dealkylation sites (tertiary alicyclic amines) is 1. The van der Waals surface area contributed by atoms with Crippen molar-refractivity contribution in [3.63, 3.8) is 0 Å². The van der Waals surface area contributed by atoms with E-state index in [0.29, 0.717) is 18.7 Å². The number of piperidine rings is 1. The normalized spacial score (nSPS) is 15.8. The first-order valence-electron chi connectivity index (χ1n) is 10.2. The first kappa shape index (κ1) is 21.5. The van der Waals surface area contributed by atoms with Crippen LogP contribution in [-0.2, 0) is 16.8 Å². The van der Waals surface area contributed by atoms with Gasteiger partial charge in [-0.2, -0.15) is 0 Å². The van der Waals surface area contributed by atoms with Gasteiger partial charge in [0.15, 0.2) is 0 Å². The molecule has 29 heavy (non-hydrogen) atoms. The zero-order valence-electron chi connectivity index (χ0n) is 17.5. The van der Waals surface area contributed by atoms with Crippen molar-refractivity contribution in [2.75, 3.05) is 19.6 Å². The van der Waals surface area contributed by atoms with E-state index in [-0.39, 0.29) is 23.3 Å². The van der Waals surface area contributed by atoms with Crippen LogP contribution in [0.4, 0.5) is 0 Å². The minimum absolute atomic E-state index is 0.0161. The van der Waals surface area contributed by atoms with E-state index in [2.05, 4.69) is 36.3 Å². The number of benzene rings is 1. The van der Waals surface area contributed by atoms with Gasteiger partial charge in [-0.15, -0.1) is 11.3 Å². The van der Waals surface area contributed by atoms with Crippen LogP contribution in [0, 0.1) is 0 Å². The number of hydrogen-bond acceptors (Lipinski definition) is 4. The number of amides is 2. The van der Waals surface area contributed by atoms with Crippen molar-refractivity contribution >= 4 is 23.2 Å². The first-order chi connectivity index (χ1) is 13.8. The Bertz CT molecular complexity index is 802. The second-order valence-corrected chi connectivity index (χ2v) is 9.74. The molecule has 1 aliphatic heterocycles. The maximum atomic E-state index is 12.5. The third-order valence-corrected chi connectivity index (χ3v) is 6.22. The Morgan fingerprint density at radius 3 is 2.38 bits per heavy atom. The maximum Gasteiger partial charge on any atom is 0.251 e. The number of carbonyl (C=O) groups is 2. The van der Waals surface area contributed by atoms with Crippen molar-refractivity contribution in [1.29, 1.82) is 0 Å². The summed E-state index contributed by atoms with van der Waals surface area (Å²) in [6.07, 6.45) is 1.73. The van der Waals surface area contributed by atoms with Crippen molar-refractivity contribution in [1.82, 2.24) is 15.5 Å². The van der Waals surface area contributed by atoms with Crippen LogP contribution >= 0.6 is 11.3 Å². The van der Waals surface area contributed by atoms with Crippen molar-refractivity contribution in [3.8, 4) is 0 Å². The molecule has 0 radical (unpaired) electrons. The van der Waals surface area contributed by atoms with E-state index in [1.807, 2.05) is 41.8 Å². The summed E-state index contributed by atoms with van der Waals surface area (Å²) in [5, 5.41) is 8.13. The van der Waals surface area contributed by atoms with Crippen LogP contribution < -0.4 is 10.6 Å². The fourth-order valence-corrected chi connectivity index (χ4v) is 4.13. The molecule has 0 aliphatic carbocycles. The highest BCUT2D eigenvalue weighted by atomic mass is 32.1. The van der Waals surface area contributed by atoms with Gasteiger partial charge in [-0.05, 0) is 47.4 Å². The summed E-state index contributed by atoms with van der Waals surface area (Å²) in [7, 11) is 0. The fourth-order valence-electron chi connectivity index (χ4n) is 3.48. The van der Waals surface area contributed by atoms with E-state index in [4.69, 9.17) is 0 Å². The summed E-state index contributed by atoms with van der Waals surface area (Å²) in [4.78, 5) is 28.0. The van der Waals surface area contributed by atoms with E-state index in [9.17, 15) is 9.59 Å². The van der Waals surface area contributed by atoms with Crippen LogP contribution in [0.5, 0.6) is 0 Å². The maximum absolute atomic E-state index is 12.5. The predicted octanol–water partition coefficient (Wildman–Crippen LogP) is 3.56. The lowest BCUT2D eigenvalue weighted by Gasteiger charge is -2.31. The van der Waals surface area contributed by atoms with E-state index in [1.165, 1.54) is 5.56 Å². The molecule has 1 fully saturated rings. The zero-order valence-corrected chi connectivity index (χ0v) is 18.3. The zero-order chi connectivity index (χ0) is 20.9. The lowest BCUT2D eigenvalue weighted by molar-refractivity contribution is -0.122. The molecular weight excluding hydrogens is 382 g/mol. The van der Waals surface area contributed by atoms with Gasteiger partial charge in [0.2, 0.25) is 5.91 Å². The molecule has 2 N–H and O–H groups in total. The standard InChI is InChI=1S/C23H31N3O2S/c1-23(2,3)18-8-6-17(7-9-18)22(28)25-19-10-12-26(13-11-19)16-21(27)24-15-20-5-4-14-29-20/h4-9,14,19H,10-13,15-16H2,1-3H3,(H,24,27)(H,25,28). The van der Waals surface area contributed by atoms with Crippen molar-refractivity contribution in [2.45, 2.75) is 51.6 Å². The Labute approximate surface area is 177 Å². The molecule has 156 valence electrons. The number of thiophene rings is 1. The van der Waals surface area contributed by atoms with Crippen LogP contribution in [0.3, 0.4) is 0 Å². The van der Waals surface area contributed by atoms with Crippen LogP contribution in [0.15, 0.2) is 41.8 Å². The summed E-state index contributed by atoms with van der Waals surface area (Å²) in [5.41, 5.74) is 2.01. The van der Waals surface area contributed by atoms with Crippen LogP contribution in [-0.4, -0.2) is 42.4 Å². The fraction of sp³-hybridized carbons (Fsp3) is 0.478. The van der Waals surface area contributed by atoms with E-state index in [0.717, 1.165) is 30.8 Å². The van der Waals surface area contributed by atoms with Gasteiger partial charge < -0.3 is 10.6 Å². The molecule has 0 saturated carbocycles. The molecule has 0 unspecified atom stereocenters. The molecule has 1 saturated heterocycles. The van der Waals surface area contributed by atoms with Crippen LogP contribution in [0.2, 0.25) is 0 Å². The Morgan fingerprint density at radius 2 is 1.79 bits per heavy atom. The Kier molecular flexibility index (Phi) is 7.09. The van der Waals surface area contributed by atoms with Crippen LogP contribution in [0.25, 0.3) is 0 Å². The van der Waals surface area contributed by atoms with Crippen molar-refractivity contribution in [3.05, 3.63) is 57.8 Å². The molecule has 0 atom stereocenters. The number of nitrogens with zero attached hydrogens (tertiary/aromatic N) is 1. The SMILES string of the molecule is CC(C)(C)c1ccc(C(=O)NC2CCN(CC(=O)NCc3cccs3)CC2)cc1. The summed E-state index contributed by atoms with van der Waals surface area (Å²) >= 11 is 1.65. The van der Waals surface area contributed by atoms with E-state index in [1.54, 1.807) is 11.3 Å². The topological polar surface area (TPSA) is 61.4 Å². The van der Waals surface area contributed by atoms with Gasteiger partial charge in [0.25, 0.3) is 5.91 Å². The Balaban J connectivity index is 1.40. The first-order valence-corrected chi connectivity index (χ1v) is 11.1. The van der Waals surface area contributed by atoms with Crippen LogP contribution in [0.1, 0.15) is 54.4 Å². The Hall–Kier alpha value is -2.18. The summed E-state index contributed by atoms with van der Waals surface area (Å²) in [6, 6.07) is 12.1. The van der Waals surface area contributed by atoms with Gasteiger partial charge in [-0.1, -0.05) is 39.0 Å². The number of rotatable bonds is 6. The summed E-state index contributed by atoms with van der Waals surface area (Å²) in [5.74, 6) is 0.0393. The van der Waals surface area contributed by atoms with Gasteiger partial charge in [-0.25, -0.2) is 0 Å². The molecule has 0 bridgehead atoms. The molecule has 2 aromatic rings.